The van der Waals surface area contributed by atoms with Gasteiger partial charge in [-0.15, -0.1) is 0 Å². The van der Waals surface area contributed by atoms with Crippen LogP contribution in [0.3, 0.4) is 0 Å². The van der Waals surface area contributed by atoms with E-state index in [2.05, 4.69) is 20.8 Å². The maximum Gasteiger partial charge on any atom is 0.144 e. The molecule has 80 valence electrons. The molecule has 0 heterocycles. The molecule has 0 fully saturated rings. The summed E-state index contributed by atoms with van der Waals surface area (Å²) < 4.78 is 13.7. The van der Waals surface area contributed by atoms with E-state index in [1.807, 2.05) is 6.07 Å². The number of hydrogen-bond donors (Lipinski definition) is 0. The van der Waals surface area contributed by atoms with E-state index in [9.17, 15) is 4.39 Å². The lowest BCUT2D eigenvalue weighted by molar-refractivity contribution is 0.613. The molecule has 1 aromatic rings. The Hall–Kier alpha value is -1.01. The van der Waals surface area contributed by atoms with Crippen molar-refractivity contribution >= 4 is 11.8 Å². The van der Waals surface area contributed by atoms with Crippen LogP contribution in [0.5, 0.6) is 0 Å². The van der Waals surface area contributed by atoms with Gasteiger partial charge in [-0.25, -0.2) is 4.39 Å². The van der Waals surface area contributed by atoms with Crippen LogP contribution in [0.2, 0.25) is 0 Å². The molecule has 1 aromatic carbocycles. The van der Waals surface area contributed by atoms with Gasteiger partial charge in [0.15, 0.2) is 0 Å². The molecule has 0 aromatic heterocycles. The van der Waals surface area contributed by atoms with E-state index in [1.54, 1.807) is 23.9 Å². The smallest absolute Gasteiger partial charge is 0.144 e. The molecule has 0 saturated carbocycles. The zero-order valence-electron chi connectivity index (χ0n) is 9.17. The van der Waals surface area contributed by atoms with Gasteiger partial charge in [-0.05, 0) is 11.6 Å². The molecular formula is C12H14FNS. The number of thioether (sulfide) groups is 1. The van der Waals surface area contributed by atoms with Crippen LogP contribution in [-0.2, 0) is 5.75 Å². The Labute approximate surface area is 94.3 Å². The van der Waals surface area contributed by atoms with Crippen molar-refractivity contribution in [3.63, 3.8) is 0 Å². The lowest BCUT2D eigenvalue weighted by atomic mass is 10.1. The van der Waals surface area contributed by atoms with Crippen molar-refractivity contribution in [2.24, 2.45) is 0 Å². The van der Waals surface area contributed by atoms with Crippen LogP contribution < -0.4 is 0 Å². The van der Waals surface area contributed by atoms with Gasteiger partial charge in [-0.1, -0.05) is 32.9 Å². The van der Waals surface area contributed by atoms with Crippen LogP contribution in [0.1, 0.15) is 31.9 Å². The Kier molecular flexibility index (Phi) is 3.76. The molecule has 0 amide bonds. The van der Waals surface area contributed by atoms with E-state index < -0.39 is 0 Å². The molecule has 0 unspecified atom stereocenters. The number of nitrogens with zero attached hydrogens (tertiary/aromatic N) is 1. The molecule has 0 N–H and O–H groups in total. The predicted molar refractivity (Wildman–Crippen MR) is 62.2 cm³/mol. The van der Waals surface area contributed by atoms with E-state index in [-0.39, 0.29) is 16.1 Å². The van der Waals surface area contributed by atoms with Crippen molar-refractivity contribution in [2.45, 2.75) is 31.3 Å². The van der Waals surface area contributed by atoms with Crippen molar-refractivity contribution in [2.75, 3.05) is 0 Å². The highest BCUT2D eigenvalue weighted by Gasteiger charge is 2.13. The van der Waals surface area contributed by atoms with Crippen LogP contribution in [0.25, 0.3) is 0 Å². The molecule has 0 aliphatic heterocycles. The Morgan fingerprint density at radius 1 is 1.40 bits per heavy atom. The van der Waals surface area contributed by atoms with Crippen LogP contribution in [-0.4, -0.2) is 4.75 Å². The molecule has 0 atom stereocenters. The molecule has 0 saturated heterocycles. The van der Waals surface area contributed by atoms with Gasteiger partial charge in [0.2, 0.25) is 0 Å². The first-order valence-corrected chi connectivity index (χ1v) is 5.74. The Morgan fingerprint density at radius 3 is 2.60 bits per heavy atom. The zero-order valence-corrected chi connectivity index (χ0v) is 9.99. The molecule has 1 nitrogen and oxygen atoms in total. The summed E-state index contributed by atoms with van der Waals surface area (Å²) in [5.74, 6) is 0.224. The summed E-state index contributed by atoms with van der Waals surface area (Å²) in [6.45, 7) is 6.26. The highest BCUT2D eigenvalue weighted by atomic mass is 32.2. The van der Waals surface area contributed by atoms with Gasteiger partial charge in [0, 0.05) is 10.5 Å². The van der Waals surface area contributed by atoms with Gasteiger partial charge >= 0.3 is 0 Å². The Morgan fingerprint density at radius 2 is 2.07 bits per heavy atom. The number of halogens is 1. The lowest BCUT2D eigenvalue weighted by Crippen LogP contribution is -2.08. The minimum atomic E-state index is -0.378. The third-order valence-corrected chi connectivity index (χ3v) is 3.18. The van der Waals surface area contributed by atoms with E-state index in [0.29, 0.717) is 11.3 Å². The van der Waals surface area contributed by atoms with E-state index in [0.717, 1.165) is 0 Å². The van der Waals surface area contributed by atoms with Crippen molar-refractivity contribution in [3.8, 4) is 6.07 Å². The third kappa shape index (κ3) is 3.56. The minimum Gasteiger partial charge on any atom is -0.205 e. The second kappa shape index (κ2) is 4.67. The summed E-state index contributed by atoms with van der Waals surface area (Å²) in [6, 6.07) is 6.80. The largest absolute Gasteiger partial charge is 0.205 e. The van der Waals surface area contributed by atoms with Crippen LogP contribution in [0, 0.1) is 17.1 Å². The second-order valence-electron chi connectivity index (χ2n) is 4.29. The fraction of sp³-hybridized carbons (Fsp3) is 0.417. The number of nitriles is 1. The first-order valence-electron chi connectivity index (χ1n) is 4.75. The van der Waals surface area contributed by atoms with Gasteiger partial charge < -0.3 is 0 Å². The van der Waals surface area contributed by atoms with Crippen molar-refractivity contribution < 1.29 is 4.39 Å². The Balaban J connectivity index is 2.83. The van der Waals surface area contributed by atoms with E-state index >= 15 is 0 Å². The van der Waals surface area contributed by atoms with Crippen molar-refractivity contribution in [1.29, 1.82) is 5.26 Å². The molecule has 3 heteroatoms. The predicted octanol–water partition coefficient (Wildman–Crippen LogP) is 3.73. The molecule has 0 bridgehead atoms. The first-order chi connectivity index (χ1) is 6.94. The highest BCUT2D eigenvalue weighted by Crippen LogP contribution is 2.28. The van der Waals surface area contributed by atoms with Gasteiger partial charge in [-0.3, -0.25) is 0 Å². The molecule has 0 radical (unpaired) electrons. The molecule has 0 aliphatic rings. The minimum absolute atomic E-state index is 0.106. The average molecular weight is 223 g/mol. The fourth-order valence-electron chi connectivity index (χ4n) is 1.07. The molecule has 0 aliphatic carbocycles. The summed E-state index contributed by atoms with van der Waals surface area (Å²) in [7, 11) is 0. The molecular weight excluding hydrogens is 209 g/mol. The summed E-state index contributed by atoms with van der Waals surface area (Å²) in [4.78, 5) is 0. The van der Waals surface area contributed by atoms with Crippen LogP contribution >= 0.6 is 11.8 Å². The maximum atomic E-state index is 13.6. The summed E-state index contributed by atoms with van der Waals surface area (Å²) in [5, 5.41) is 8.67. The topological polar surface area (TPSA) is 23.8 Å². The van der Waals surface area contributed by atoms with Gasteiger partial charge in [0.25, 0.3) is 0 Å². The highest BCUT2D eigenvalue weighted by molar-refractivity contribution is 7.99. The first kappa shape index (κ1) is 12.1. The number of rotatable bonds is 2. The normalized spacial score (nSPS) is 11.1. The average Bonchev–Trinajstić information content (AvgIpc) is 2.15. The van der Waals surface area contributed by atoms with E-state index in [1.165, 1.54) is 6.07 Å². The Bertz CT molecular complexity index is 388. The quantitative estimate of drug-likeness (QED) is 0.762. The molecule has 1 rings (SSSR count). The lowest BCUT2D eigenvalue weighted by Gasteiger charge is -2.17. The monoisotopic (exact) mass is 223 g/mol. The summed E-state index contributed by atoms with van der Waals surface area (Å²) in [6.07, 6.45) is 0. The van der Waals surface area contributed by atoms with Crippen LogP contribution in [0.15, 0.2) is 18.2 Å². The summed E-state index contributed by atoms with van der Waals surface area (Å²) >= 11 is 1.67. The molecule has 0 spiro atoms. The van der Waals surface area contributed by atoms with Gasteiger partial charge in [0.05, 0.1) is 5.56 Å². The zero-order chi connectivity index (χ0) is 11.5. The SMILES string of the molecule is CC(C)(C)SCc1cccc(C#N)c1F. The fourth-order valence-corrected chi connectivity index (χ4v) is 1.88. The third-order valence-electron chi connectivity index (χ3n) is 1.86. The second-order valence-corrected chi connectivity index (χ2v) is 6.09. The van der Waals surface area contributed by atoms with Crippen LogP contribution in [0.4, 0.5) is 4.39 Å². The van der Waals surface area contributed by atoms with Crippen molar-refractivity contribution in [1.82, 2.24) is 0 Å². The van der Waals surface area contributed by atoms with E-state index in [4.69, 9.17) is 5.26 Å². The summed E-state index contributed by atoms with van der Waals surface area (Å²) in [5.41, 5.74) is 0.732. The maximum absolute atomic E-state index is 13.6. The van der Waals surface area contributed by atoms with Crippen molar-refractivity contribution in [3.05, 3.63) is 35.1 Å². The number of benzene rings is 1. The standard InChI is InChI=1S/C12H14FNS/c1-12(2,3)15-8-10-6-4-5-9(7-14)11(10)13/h4-6H,8H2,1-3H3. The van der Waals surface area contributed by atoms with Gasteiger partial charge in [-0.2, -0.15) is 17.0 Å². The number of hydrogen-bond acceptors (Lipinski definition) is 2. The molecule has 15 heavy (non-hydrogen) atoms. The van der Waals surface area contributed by atoms with Gasteiger partial charge in [0.1, 0.15) is 11.9 Å².